The van der Waals surface area contributed by atoms with E-state index < -0.39 is 0 Å². The van der Waals surface area contributed by atoms with Crippen LogP contribution in [0.5, 0.6) is 0 Å². The average Bonchev–Trinajstić information content (AvgIpc) is 2.57. The van der Waals surface area contributed by atoms with Gasteiger partial charge in [0.05, 0.1) is 12.7 Å². The maximum atomic E-state index is 12.6. The summed E-state index contributed by atoms with van der Waals surface area (Å²) in [6.07, 6.45) is 2.45. The highest BCUT2D eigenvalue weighted by molar-refractivity contribution is 6.31. The molecule has 1 aromatic rings. The fourth-order valence-corrected chi connectivity index (χ4v) is 3.37. The van der Waals surface area contributed by atoms with Crippen LogP contribution in [0.1, 0.15) is 18.4 Å². The van der Waals surface area contributed by atoms with Crippen molar-refractivity contribution >= 4 is 17.5 Å². The molecule has 2 fully saturated rings. The van der Waals surface area contributed by atoms with Crippen LogP contribution in [0, 0.1) is 5.92 Å². The topological polar surface area (TPSA) is 38.8 Å². The molecule has 3 rings (SSSR count). The van der Waals surface area contributed by atoms with Crippen molar-refractivity contribution in [1.29, 1.82) is 0 Å². The fourth-order valence-electron chi connectivity index (χ4n) is 3.15. The van der Waals surface area contributed by atoms with Gasteiger partial charge in [-0.05, 0) is 24.5 Å². The summed E-state index contributed by atoms with van der Waals surface area (Å²) >= 11 is 6.21. The van der Waals surface area contributed by atoms with E-state index in [4.69, 9.17) is 21.1 Å². The smallest absolute Gasteiger partial charge is 0.226 e. The number of carbonyl (C=O) groups is 1. The molecule has 2 aliphatic rings. The van der Waals surface area contributed by atoms with Crippen molar-refractivity contribution in [3.63, 3.8) is 0 Å². The Bertz CT molecular complexity index is 516. The minimum absolute atomic E-state index is 0.0254. The Morgan fingerprint density at radius 3 is 2.77 bits per heavy atom. The summed E-state index contributed by atoms with van der Waals surface area (Å²) in [4.78, 5) is 14.6. The molecule has 2 saturated heterocycles. The molecular formula is C17H22ClNO3. The molecule has 1 unspecified atom stereocenters. The summed E-state index contributed by atoms with van der Waals surface area (Å²) in [5.74, 6) is 0.378. The minimum atomic E-state index is 0.0254. The van der Waals surface area contributed by atoms with Crippen LogP contribution in [-0.4, -0.2) is 49.8 Å². The summed E-state index contributed by atoms with van der Waals surface area (Å²) in [6, 6.07) is 7.82. The second kappa shape index (κ2) is 7.44. The molecule has 5 heteroatoms. The molecular weight excluding hydrogens is 302 g/mol. The zero-order chi connectivity index (χ0) is 15.4. The Balaban J connectivity index is 1.59. The van der Waals surface area contributed by atoms with E-state index >= 15 is 0 Å². The van der Waals surface area contributed by atoms with Crippen LogP contribution in [-0.2, 0) is 20.7 Å². The molecule has 1 atom stereocenters. The normalized spacial score (nSPS) is 23.5. The largest absolute Gasteiger partial charge is 0.381 e. The van der Waals surface area contributed by atoms with Gasteiger partial charge in [-0.2, -0.15) is 0 Å². The molecule has 2 heterocycles. The number of carbonyl (C=O) groups excluding carboxylic acids is 1. The van der Waals surface area contributed by atoms with Gasteiger partial charge >= 0.3 is 0 Å². The zero-order valence-electron chi connectivity index (χ0n) is 12.7. The maximum Gasteiger partial charge on any atom is 0.226 e. The Hall–Kier alpha value is -1.10. The molecule has 0 N–H and O–H groups in total. The van der Waals surface area contributed by atoms with Crippen molar-refractivity contribution in [2.75, 3.05) is 32.9 Å². The first-order valence-corrected chi connectivity index (χ1v) is 8.33. The number of nitrogens with zero attached hydrogens (tertiary/aromatic N) is 1. The lowest BCUT2D eigenvalue weighted by atomic mass is 9.97. The quantitative estimate of drug-likeness (QED) is 0.858. The predicted octanol–water partition coefficient (Wildman–Crippen LogP) is 2.54. The van der Waals surface area contributed by atoms with Gasteiger partial charge in [0.2, 0.25) is 5.91 Å². The van der Waals surface area contributed by atoms with Gasteiger partial charge in [-0.3, -0.25) is 4.79 Å². The lowest BCUT2D eigenvalue weighted by Crippen LogP contribution is -2.49. The molecule has 0 radical (unpaired) electrons. The van der Waals surface area contributed by atoms with Gasteiger partial charge < -0.3 is 14.4 Å². The lowest BCUT2D eigenvalue weighted by molar-refractivity contribution is -0.146. The van der Waals surface area contributed by atoms with Crippen LogP contribution in [0.3, 0.4) is 0 Å². The van der Waals surface area contributed by atoms with E-state index in [1.54, 1.807) is 0 Å². The Morgan fingerprint density at radius 1 is 1.23 bits per heavy atom. The number of hydrogen-bond acceptors (Lipinski definition) is 3. The van der Waals surface area contributed by atoms with E-state index in [0.717, 1.165) is 29.8 Å². The zero-order valence-corrected chi connectivity index (χ0v) is 13.4. The average molecular weight is 324 g/mol. The van der Waals surface area contributed by atoms with Gasteiger partial charge in [-0.1, -0.05) is 29.8 Å². The number of ether oxygens (including phenoxy) is 2. The first-order chi connectivity index (χ1) is 10.7. The molecule has 0 aromatic heterocycles. The van der Waals surface area contributed by atoms with E-state index in [2.05, 4.69) is 0 Å². The van der Waals surface area contributed by atoms with Gasteiger partial charge in [-0.15, -0.1) is 0 Å². The highest BCUT2D eigenvalue weighted by Gasteiger charge is 2.30. The highest BCUT2D eigenvalue weighted by Crippen LogP contribution is 2.22. The molecule has 2 aliphatic heterocycles. The van der Waals surface area contributed by atoms with Gasteiger partial charge in [0.25, 0.3) is 0 Å². The highest BCUT2D eigenvalue weighted by atomic mass is 35.5. The number of rotatable bonds is 3. The summed E-state index contributed by atoms with van der Waals surface area (Å²) in [5.41, 5.74) is 1.08. The second-order valence-electron chi connectivity index (χ2n) is 5.96. The third-order valence-electron chi connectivity index (χ3n) is 4.43. The molecule has 1 aromatic carbocycles. The van der Waals surface area contributed by atoms with Crippen molar-refractivity contribution in [2.45, 2.75) is 25.4 Å². The van der Waals surface area contributed by atoms with E-state index in [0.29, 0.717) is 32.9 Å². The van der Waals surface area contributed by atoms with E-state index in [-0.39, 0.29) is 17.9 Å². The summed E-state index contributed by atoms with van der Waals surface area (Å²) in [5, 5.41) is 0.763. The van der Waals surface area contributed by atoms with Gasteiger partial charge in [0, 0.05) is 43.7 Å². The van der Waals surface area contributed by atoms with Crippen molar-refractivity contribution in [1.82, 2.24) is 4.90 Å². The van der Waals surface area contributed by atoms with Crippen LogP contribution in [0.15, 0.2) is 24.3 Å². The van der Waals surface area contributed by atoms with Gasteiger partial charge in [-0.25, -0.2) is 0 Å². The van der Waals surface area contributed by atoms with Crippen molar-refractivity contribution in [3.8, 4) is 0 Å². The number of hydrogen-bond donors (Lipinski definition) is 0. The van der Waals surface area contributed by atoms with Crippen molar-refractivity contribution < 1.29 is 14.3 Å². The molecule has 0 spiro atoms. The summed E-state index contributed by atoms with van der Waals surface area (Å²) < 4.78 is 11.2. The Labute approximate surface area is 136 Å². The Kier molecular flexibility index (Phi) is 5.34. The molecule has 120 valence electrons. The van der Waals surface area contributed by atoms with Crippen LogP contribution in [0.2, 0.25) is 5.02 Å². The van der Waals surface area contributed by atoms with Crippen molar-refractivity contribution in [3.05, 3.63) is 34.9 Å². The van der Waals surface area contributed by atoms with E-state index in [1.165, 1.54) is 0 Å². The van der Waals surface area contributed by atoms with Crippen LogP contribution in [0.25, 0.3) is 0 Å². The molecule has 4 nitrogen and oxygen atoms in total. The Morgan fingerprint density at radius 2 is 2.00 bits per heavy atom. The number of morpholine rings is 1. The molecule has 0 saturated carbocycles. The fraction of sp³-hybridized carbons (Fsp3) is 0.588. The molecule has 22 heavy (non-hydrogen) atoms. The van der Waals surface area contributed by atoms with Gasteiger partial charge in [0.1, 0.15) is 0 Å². The number of amides is 1. The third kappa shape index (κ3) is 3.80. The first-order valence-electron chi connectivity index (χ1n) is 7.95. The van der Waals surface area contributed by atoms with E-state index in [1.807, 2.05) is 29.2 Å². The third-order valence-corrected chi connectivity index (χ3v) is 4.80. The molecule has 0 bridgehead atoms. The minimum Gasteiger partial charge on any atom is -0.381 e. The molecule has 1 amide bonds. The van der Waals surface area contributed by atoms with Crippen LogP contribution in [0.4, 0.5) is 0 Å². The summed E-state index contributed by atoms with van der Waals surface area (Å²) in [7, 11) is 0. The van der Waals surface area contributed by atoms with Crippen LogP contribution < -0.4 is 0 Å². The van der Waals surface area contributed by atoms with Crippen LogP contribution >= 0.6 is 11.6 Å². The first kappa shape index (κ1) is 15.8. The second-order valence-corrected chi connectivity index (χ2v) is 6.37. The predicted molar refractivity (Wildman–Crippen MR) is 85.0 cm³/mol. The number of halogens is 1. The summed E-state index contributed by atoms with van der Waals surface area (Å²) in [6.45, 7) is 3.34. The maximum absolute atomic E-state index is 12.6. The SMILES string of the molecule is O=C(C1CCOCC1)N1CCOC(Cc2ccccc2Cl)C1. The lowest BCUT2D eigenvalue weighted by Gasteiger charge is -2.36. The van der Waals surface area contributed by atoms with Crippen molar-refractivity contribution in [2.24, 2.45) is 5.92 Å². The molecule has 0 aliphatic carbocycles. The number of benzene rings is 1. The van der Waals surface area contributed by atoms with Gasteiger partial charge in [0.15, 0.2) is 0 Å². The van der Waals surface area contributed by atoms with E-state index in [9.17, 15) is 4.79 Å². The standard InChI is InChI=1S/C17H22ClNO3/c18-16-4-2-1-3-14(16)11-15-12-19(7-10-22-15)17(20)13-5-8-21-9-6-13/h1-4,13,15H,5-12H2. The monoisotopic (exact) mass is 323 g/mol.